The zero-order chi connectivity index (χ0) is 11.3. The molecule has 1 rings (SSSR count). The van der Waals surface area contributed by atoms with Crippen molar-refractivity contribution in [1.82, 2.24) is 10.1 Å². The Morgan fingerprint density at radius 2 is 2.07 bits per heavy atom. The van der Waals surface area contributed by atoms with Gasteiger partial charge >= 0.3 is 0 Å². The minimum Gasteiger partial charge on any atom is -0.338 e. The zero-order valence-electron chi connectivity index (χ0n) is 9.86. The molecule has 1 aromatic heterocycles. The number of aryl methyl sites for hydroxylation is 1. The fourth-order valence-electron chi connectivity index (χ4n) is 1.37. The maximum absolute atomic E-state index is 5.88. The first kappa shape index (κ1) is 12.2. The van der Waals surface area contributed by atoms with Crippen LogP contribution in [0, 0.1) is 5.92 Å². The van der Waals surface area contributed by atoms with Gasteiger partial charge in [-0.15, -0.1) is 0 Å². The quantitative estimate of drug-likeness (QED) is 0.785. The topological polar surface area (TPSA) is 64.9 Å². The maximum atomic E-state index is 5.88. The Hall–Kier alpha value is -0.900. The summed E-state index contributed by atoms with van der Waals surface area (Å²) in [7, 11) is 0. The molecule has 0 unspecified atom stereocenters. The van der Waals surface area contributed by atoms with E-state index in [-0.39, 0.29) is 6.04 Å². The van der Waals surface area contributed by atoms with Gasteiger partial charge in [-0.3, -0.25) is 0 Å². The number of hydrogen-bond acceptors (Lipinski definition) is 4. The van der Waals surface area contributed by atoms with Crippen LogP contribution in [0.2, 0.25) is 0 Å². The molecule has 0 saturated heterocycles. The minimum atomic E-state index is -0.102. The molecular formula is C11H21N3O. The zero-order valence-corrected chi connectivity index (χ0v) is 9.86. The monoisotopic (exact) mass is 211 g/mol. The molecule has 1 atom stereocenters. The van der Waals surface area contributed by atoms with E-state index < -0.39 is 0 Å². The SMILES string of the molecule is CCC[C@@H](N)c1nc(CCC(C)C)no1. The molecule has 0 aliphatic heterocycles. The molecule has 0 aliphatic carbocycles. The third kappa shape index (κ3) is 4.00. The molecule has 0 bridgehead atoms. The minimum absolute atomic E-state index is 0.102. The Labute approximate surface area is 91.2 Å². The van der Waals surface area contributed by atoms with Crippen molar-refractivity contribution in [3.05, 3.63) is 11.7 Å². The summed E-state index contributed by atoms with van der Waals surface area (Å²) in [6.07, 6.45) is 3.89. The first-order valence-electron chi connectivity index (χ1n) is 5.71. The number of nitrogens with zero attached hydrogens (tertiary/aromatic N) is 2. The van der Waals surface area contributed by atoms with Gasteiger partial charge in [-0.2, -0.15) is 4.98 Å². The first-order chi connectivity index (χ1) is 7.13. The summed E-state index contributed by atoms with van der Waals surface area (Å²) in [6.45, 7) is 6.46. The van der Waals surface area contributed by atoms with E-state index in [1.807, 2.05) is 0 Å². The van der Waals surface area contributed by atoms with E-state index in [0.717, 1.165) is 31.5 Å². The molecule has 0 amide bonds. The van der Waals surface area contributed by atoms with E-state index in [1.54, 1.807) is 0 Å². The van der Waals surface area contributed by atoms with E-state index in [4.69, 9.17) is 10.3 Å². The van der Waals surface area contributed by atoms with E-state index >= 15 is 0 Å². The van der Waals surface area contributed by atoms with Crippen LogP contribution in [0.1, 0.15) is 57.8 Å². The second kappa shape index (κ2) is 5.85. The normalized spacial score (nSPS) is 13.4. The summed E-state index contributed by atoms with van der Waals surface area (Å²) in [6, 6.07) is -0.102. The van der Waals surface area contributed by atoms with Gasteiger partial charge in [0.15, 0.2) is 5.82 Å². The molecule has 15 heavy (non-hydrogen) atoms. The number of rotatable bonds is 6. The average Bonchev–Trinajstić information content (AvgIpc) is 2.63. The Morgan fingerprint density at radius 1 is 1.33 bits per heavy atom. The largest absolute Gasteiger partial charge is 0.338 e. The maximum Gasteiger partial charge on any atom is 0.243 e. The van der Waals surface area contributed by atoms with Crippen molar-refractivity contribution in [1.29, 1.82) is 0 Å². The standard InChI is InChI=1S/C11H21N3O/c1-4-5-9(12)11-13-10(14-15-11)7-6-8(2)3/h8-9H,4-7,12H2,1-3H3/t9-/m1/s1. The summed E-state index contributed by atoms with van der Waals surface area (Å²) in [4.78, 5) is 4.30. The highest BCUT2D eigenvalue weighted by molar-refractivity contribution is 4.91. The number of nitrogens with two attached hydrogens (primary N) is 1. The summed E-state index contributed by atoms with van der Waals surface area (Å²) < 4.78 is 5.13. The van der Waals surface area contributed by atoms with Crippen LogP contribution in [0.5, 0.6) is 0 Å². The van der Waals surface area contributed by atoms with Crippen LogP contribution in [-0.4, -0.2) is 10.1 Å². The van der Waals surface area contributed by atoms with Gasteiger partial charge in [0, 0.05) is 6.42 Å². The molecule has 0 aliphatic rings. The fourth-order valence-corrected chi connectivity index (χ4v) is 1.37. The third-order valence-corrected chi connectivity index (χ3v) is 2.35. The van der Waals surface area contributed by atoms with Gasteiger partial charge in [-0.05, 0) is 18.8 Å². The predicted molar refractivity (Wildman–Crippen MR) is 59.3 cm³/mol. The van der Waals surface area contributed by atoms with E-state index in [0.29, 0.717) is 11.8 Å². The van der Waals surface area contributed by atoms with Crippen molar-refractivity contribution in [2.75, 3.05) is 0 Å². The van der Waals surface area contributed by atoms with Gasteiger partial charge in [-0.25, -0.2) is 0 Å². The van der Waals surface area contributed by atoms with Crippen molar-refractivity contribution < 1.29 is 4.52 Å². The van der Waals surface area contributed by atoms with Crippen molar-refractivity contribution in [2.45, 2.75) is 52.5 Å². The Kier molecular flexibility index (Phi) is 4.75. The summed E-state index contributed by atoms with van der Waals surface area (Å²) in [5, 5.41) is 3.93. The predicted octanol–water partition coefficient (Wildman–Crippen LogP) is 2.46. The Balaban J connectivity index is 2.48. The van der Waals surface area contributed by atoms with Crippen LogP contribution in [0.4, 0.5) is 0 Å². The van der Waals surface area contributed by atoms with Crippen LogP contribution in [0.25, 0.3) is 0 Å². The molecule has 0 aromatic carbocycles. The lowest BCUT2D eigenvalue weighted by atomic mass is 10.1. The highest BCUT2D eigenvalue weighted by atomic mass is 16.5. The molecule has 1 heterocycles. The second-order valence-electron chi connectivity index (χ2n) is 4.38. The fraction of sp³-hybridized carbons (Fsp3) is 0.818. The highest BCUT2D eigenvalue weighted by Gasteiger charge is 2.13. The van der Waals surface area contributed by atoms with Gasteiger partial charge in [0.05, 0.1) is 6.04 Å². The molecule has 0 radical (unpaired) electrons. The highest BCUT2D eigenvalue weighted by Crippen LogP contribution is 2.14. The lowest BCUT2D eigenvalue weighted by Gasteiger charge is -2.02. The molecule has 4 heteroatoms. The average molecular weight is 211 g/mol. The third-order valence-electron chi connectivity index (χ3n) is 2.35. The molecule has 86 valence electrons. The van der Waals surface area contributed by atoms with Crippen LogP contribution in [-0.2, 0) is 6.42 Å². The number of hydrogen-bond donors (Lipinski definition) is 1. The summed E-state index contributed by atoms with van der Waals surface area (Å²) in [5.41, 5.74) is 5.88. The van der Waals surface area contributed by atoms with Gasteiger partial charge in [-0.1, -0.05) is 32.3 Å². The van der Waals surface area contributed by atoms with Crippen LogP contribution < -0.4 is 5.73 Å². The molecule has 0 fully saturated rings. The van der Waals surface area contributed by atoms with Crippen molar-refractivity contribution in [2.24, 2.45) is 11.7 Å². The molecular weight excluding hydrogens is 190 g/mol. The van der Waals surface area contributed by atoms with Gasteiger partial charge < -0.3 is 10.3 Å². The van der Waals surface area contributed by atoms with Crippen molar-refractivity contribution in [3.8, 4) is 0 Å². The van der Waals surface area contributed by atoms with Crippen LogP contribution in [0.3, 0.4) is 0 Å². The lowest BCUT2D eigenvalue weighted by molar-refractivity contribution is 0.343. The molecule has 0 spiro atoms. The second-order valence-corrected chi connectivity index (χ2v) is 4.38. The van der Waals surface area contributed by atoms with Crippen LogP contribution >= 0.6 is 0 Å². The van der Waals surface area contributed by atoms with E-state index in [1.165, 1.54) is 0 Å². The molecule has 2 N–H and O–H groups in total. The smallest absolute Gasteiger partial charge is 0.243 e. The summed E-state index contributed by atoms with van der Waals surface area (Å²) >= 11 is 0. The Bertz CT molecular complexity index is 283. The number of aromatic nitrogens is 2. The van der Waals surface area contributed by atoms with Gasteiger partial charge in [0.25, 0.3) is 0 Å². The summed E-state index contributed by atoms with van der Waals surface area (Å²) in [5.74, 6) is 2.03. The van der Waals surface area contributed by atoms with Crippen molar-refractivity contribution in [3.63, 3.8) is 0 Å². The Morgan fingerprint density at radius 3 is 2.67 bits per heavy atom. The molecule has 1 aromatic rings. The lowest BCUT2D eigenvalue weighted by Crippen LogP contribution is -2.10. The van der Waals surface area contributed by atoms with Crippen molar-refractivity contribution >= 4 is 0 Å². The molecule has 4 nitrogen and oxygen atoms in total. The first-order valence-corrected chi connectivity index (χ1v) is 5.71. The van der Waals surface area contributed by atoms with E-state index in [2.05, 4.69) is 30.9 Å². The van der Waals surface area contributed by atoms with Gasteiger partial charge in [0.2, 0.25) is 5.89 Å². The van der Waals surface area contributed by atoms with Gasteiger partial charge in [0.1, 0.15) is 0 Å². The van der Waals surface area contributed by atoms with Crippen LogP contribution in [0.15, 0.2) is 4.52 Å². The van der Waals surface area contributed by atoms with E-state index in [9.17, 15) is 0 Å². The molecule has 0 saturated carbocycles.